The minimum Gasteiger partial charge on any atom is -0.456 e. The minimum atomic E-state index is 0.557. The molecule has 0 fully saturated rings. The summed E-state index contributed by atoms with van der Waals surface area (Å²) in [5, 5.41) is 8.63. The molecule has 3 heterocycles. The van der Waals surface area contributed by atoms with E-state index < -0.39 is 0 Å². The van der Waals surface area contributed by atoms with E-state index in [1.807, 2.05) is 54.6 Å². The molecule has 11 aromatic rings. The summed E-state index contributed by atoms with van der Waals surface area (Å²) in [6, 6.07) is 53.7. The molecule has 52 heavy (non-hydrogen) atoms. The Balaban J connectivity index is 1.18. The summed E-state index contributed by atoms with van der Waals surface area (Å²) in [6.45, 7) is 0. The van der Waals surface area contributed by atoms with Crippen LogP contribution in [0.1, 0.15) is 0 Å². The Labute approximate surface area is 296 Å². The third kappa shape index (κ3) is 4.51. The van der Waals surface area contributed by atoms with Gasteiger partial charge in [0.15, 0.2) is 23.1 Å². The van der Waals surface area contributed by atoms with Gasteiger partial charge < -0.3 is 8.83 Å². The van der Waals surface area contributed by atoms with Crippen LogP contribution in [0.15, 0.2) is 167 Å². The lowest BCUT2D eigenvalue weighted by molar-refractivity contribution is 0.620. The molecule has 0 bridgehead atoms. The SMILES string of the molecule is c1ccc(-c2nc3cc4oc5cccc(-c6nc(-c7ccc8ccccc8c7)nc(-c7cc8ccccc8c8ccccc78)n6)c5c4cc3o2)cc1. The highest BCUT2D eigenvalue weighted by Gasteiger charge is 2.21. The van der Waals surface area contributed by atoms with Gasteiger partial charge in [0.1, 0.15) is 16.7 Å². The van der Waals surface area contributed by atoms with E-state index in [-0.39, 0.29) is 0 Å². The summed E-state index contributed by atoms with van der Waals surface area (Å²) in [7, 11) is 0. The van der Waals surface area contributed by atoms with Crippen molar-refractivity contribution in [2.75, 3.05) is 0 Å². The van der Waals surface area contributed by atoms with Crippen molar-refractivity contribution < 1.29 is 8.83 Å². The highest BCUT2D eigenvalue weighted by atomic mass is 16.4. The van der Waals surface area contributed by atoms with Gasteiger partial charge in [0, 0.05) is 39.1 Å². The van der Waals surface area contributed by atoms with Gasteiger partial charge in [0.25, 0.3) is 0 Å². The topological polar surface area (TPSA) is 77.8 Å². The van der Waals surface area contributed by atoms with Crippen LogP contribution in [-0.2, 0) is 0 Å². The molecule has 0 aliphatic carbocycles. The fraction of sp³-hybridized carbons (Fsp3) is 0. The van der Waals surface area contributed by atoms with Crippen LogP contribution in [0, 0.1) is 0 Å². The average molecular weight is 667 g/mol. The molecule has 8 aromatic carbocycles. The molecule has 242 valence electrons. The van der Waals surface area contributed by atoms with Crippen molar-refractivity contribution in [2.45, 2.75) is 0 Å². The van der Waals surface area contributed by atoms with Crippen LogP contribution in [0.25, 0.3) is 111 Å². The lowest BCUT2D eigenvalue weighted by Gasteiger charge is -2.13. The van der Waals surface area contributed by atoms with Crippen LogP contribution in [0.3, 0.4) is 0 Å². The second-order valence-electron chi connectivity index (χ2n) is 13.0. The molecule has 0 unspecified atom stereocenters. The number of fused-ring (bicyclic) bond motifs is 8. The van der Waals surface area contributed by atoms with Crippen molar-refractivity contribution in [2.24, 2.45) is 0 Å². The van der Waals surface area contributed by atoms with E-state index in [0.717, 1.165) is 71.1 Å². The van der Waals surface area contributed by atoms with E-state index in [2.05, 4.69) is 103 Å². The third-order valence-corrected chi connectivity index (χ3v) is 9.92. The quantitative estimate of drug-likeness (QED) is 0.174. The molecule has 6 heteroatoms. The molecular formula is C46H26N4O2. The van der Waals surface area contributed by atoms with E-state index in [1.54, 1.807) is 0 Å². The van der Waals surface area contributed by atoms with E-state index in [1.165, 1.54) is 5.39 Å². The molecule has 0 N–H and O–H groups in total. The van der Waals surface area contributed by atoms with E-state index in [9.17, 15) is 0 Å². The van der Waals surface area contributed by atoms with Crippen LogP contribution >= 0.6 is 0 Å². The predicted molar refractivity (Wildman–Crippen MR) is 209 cm³/mol. The van der Waals surface area contributed by atoms with Crippen molar-refractivity contribution >= 4 is 65.4 Å². The fourth-order valence-electron chi connectivity index (χ4n) is 7.45. The zero-order chi connectivity index (χ0) is 34.2. The Morgan fingerprint density at radius 3 is 1.92 bits per heavy atom. The number of aromatic nitrogens is 4. The number of hydrogen-bond donors (Lipinski definition) is 0. The van der Waals surface area contributed by atoms with Gasteiger partial charge in [0.05, 0.1) is 0 Å². The summed E-state index contributed by atoms with van der Waals surface area (Å²) in [5.74, 6) is 2.32. The number of benzene rings is 8. The normalized spacial score (nSPS) is 11.8. The van der Waals surface area contributed by atoms with E-state index in [4.69, 9.17) is 28.8 Å². The van der Waals surface area contributed by atoms with Gasteiger partial charge in [-0.05, 0) is 68.7 Å². The molecule has 0 aliphatic rings. The molecule has 0 amide bonds. The first kappa shape index (κ1) is 28.6. The van der Waals surface area contributed by atoms with Crippen LogP contribution in [0.2, 0.25) is 0 Å². The van der Waals surface area contributed by atoms with Crippen LogP contribution < -0.4 is 0 Å². The average Bonchev–Trinajstić information content (AvgIpc) is 3.80. The van der Waals surface area contributed by atoms with Gasteiger partial charge >= 0.3 is 0 Å². The second kappa shape index (κ2) is 11.2. The summed E-state index contributed by atoms with van der Waals surface area (Å²) in [4.78, 5) is 20.4. The predicted octanol–water partition coefficient (Wildman–Crippen LogP) is 12.0. The van der Waals surface area contributed by atoms with Gasteiger partial charge in [-0.1, -0.05) is 115 Å². The van der Waals surface area contributed by atoms with Gasteiger partial charge in [-0.3, -0.25) is 0 Å². The first-order valence-electron chi connectivity index (χ1n) is 17.2. The Kier molecular flexibility index (Phi) is 6.15. The highest BCUT2D eigenvalue weighted by molar-refractivity contribution is 6.15. The summed E-state index contributed by atoms with van der Waals surface area (Å²) in [5.41, 5.74) is 6.48. The smallest absolute Gasteiger partial charge is 0.227 e. The van der Waals surface area contributed by atoms with Crippen LogP contribution in [0.5, 0.6) is 0 Å². The molecular weight excluding hydrogens is 641 g/mol. The monoisotopic (exact) mass is 666 g/mol. The van der Waals surface area contributed by atoms with E-state index >= 15 is 0 Å². The van der Waals surface area contributed by atoms with E-state index in [0.29, 0.717) is 34.5 Å². The Morgan fingerprint density at radius 2 is 1.06 bits per heavy atom. The Hall–Kier alpha value is -7.18. The Morgan fingerprint density at radius 1 is 0.346 bits per heavy atom. The standard InChI is InChI=1S/C46H26N4O2/c1-2-12-28(13-3-1)46-47-38-26-40-37(25-41(38)52-46)42-35(19-10-20-39(42)51-40)44-48-43(31-22-21-27-11-4-5-14-29(27)23-31)49-45(50-44)36-24-30-15-6-7-16-32(30)33-17-8-9-18-34(33)36/h1-26H. The fourth-order valence-corrected chi connectivity index (χ4v) is 7.45. The number of nitrogens with zero attached hydrogens (tertiary/aromatic N) is 4. The first-order valence-corrected chi connectivity index (χ1v) is 17.2. The van der Waals surface area contributed by atoms with Crippen molar-refractivity contribution in [1.82, 2.24) is 19.9 Å². The summed E-state index contributed by atoms with van der Waals surface area (Å²) >= 11 is 0. The Bertz CT molecular complexity index is 3200. The van der Waals surface area contributed by atoms with Crippen LogP contribution in [-0.4, -0.2) is 19.9 Å². The maximum atomic E-state index is 6.47. The molecule has 0 atom stereocenters. The molecule has 0 saturated carbocycles. The van der Waals surface area contributed by atoms with Gasteiger partial charge in [-0.25, -0.2) is 19.9 Å². The van der Waals surface area contributed by atoms with Crippen molar-refractivity contribution in [1.29, 1.82) is 0 Å². The molecule has 11 rings (SSSR count). The largest absolute Gasteiger partial charge is 0.456 e. The number of furan rings is 1. The highest BCUT2D eigenvalue weighted by Crippen LogP contribution is 2.40. The summed E-state index contributed by atoms with van der Waals surface area (Å²) < 4.78 is 12.8. The molecule has 0 saturated heterocycles. The maximum absolute atomic E-state index is 6.47. The van der Waals surface area contributed by atoms with Crippen LogP contribution in [0.4, 0.5) is 0 Å². The number of rotatable bonds is 4. The third-order valence-electron chi connectivity index (χ3n) is 9.92. The van der Waals surface area contributed by atoms with Crippen molar-refractivity contribution in [3.8, 4) is 45.6 Å². The molecule has 0 spiro atoms. The summed E-state index contributed by atoms with van der Waals surface area (Å²) in [6.07, 6.45) is 0. The molecule has 6 nitrogen and oxygen atoms in total. The maximum Gasteiger partial charge on any atom is 0.227 e. The molecule has 3 aromatic heterocycles. The molecule has 0 radical (unpaired) electrons. The minimum absolute atomic E-state index is 0.557. The van der Waals surface area contributed by atoms with Gasteiger partial charge in [-0.2, -0.15) is 0 Å². The van der Waals surface area contributed by atoms with Gasteiger partial charge in [0.2, 0.25) is 5.89 Å². The zero-order valence-electron chi connectivity index (χ0n) is 27.6. The molecule has 0 aliphatic heterocycles. The lowest BCUT2D eigenvalue weighted by Crippen LogP contribution is -2.01. The van der Waals surface area contributed by atoms with Gasteiger partial charge in [-0.15, -0.1) is 0 Å². The van der Waals surface area contributed by atoms with Crippen molar-refractivity contribution in [3.05, 3.63) is 158 Å². The first-order chi connectivity index (χ1) is 25.7. The lowest BCUT2D eigenvalue weighted by atomic mass is 9.96. The number of hydrogen-bond acceptors (Lipinski definition) is 6. The van der Waals surface area contributed by atoms with Crippen molar-refractivity contribution in [3.63, 3.8) is 0 Å². The second-order valence-corrected chi connectivity index (χ2v) is 13.0. The number of oxazole rings is 1. The zero-order valence-corrected chi connectivity index (χ0v) is 27.6.